The molecule has 1 heterocycles. The fourth-order valence-electron chi connectivity index (χ4n) is 2.16. The van der Waals surface area contributed by atoms with E-state index in [0.717, 1.165) is 27.4 Å². The lowest BCUT2D eigenvalue weighted by molar-refractivity contribution is 1.11. The van der Waals surface area contributed by atoms with Crippen molar-refractivity contribution in [2.75, 3.05) is 10.6 Å². The summed E-state index contributed by atoms with van der Waals surface area (Å²) < 4.78 is 0.971. The van der Waals surface area contributed by atoms with E-state index < -0.39 is 0 Å². The minimum atomic E-state index is 0.562. The predicted octanol–water partition coefficient (Wildman–Crippen LogP) is 5.34. The van der Waals surface area contributed by atoms with E-state index in [4.69, 9.17) is 0 Å². The van der Waals surface area contributed by atoms with Crippen molar-refractivity contribution in [3.8, 4) is 0 Å². The van der Waals surface area contributed by atoms with Crippen molar-refractivity contribution < 1.29 is 0 Å². The number of halogens is 1. The van der Waals surface area contributed by atoms with E-state index >= 15 is 0 Å². The van der Waals surface area contributed by atoms with E-state index in [1.54, 1.807) is 0 Å². The minimum Gasteiger partial charge on any atom is -0.340 e. The average molecular weight is 369 g/mol. The zero-order valence-corrected chi connectivity index (χ0v) is 14.6. The first-order chi connectivity index (χ1) is 11.1. The van der Waals surface area contributed by atoms with Crippen molar-refractivity contribution >= 4 is 39.1 Å². The first kappa shape index (κ1) is 15.5. The van der Waals surface area contributed by atoms with Gasteiger partial charge in [0.1, 0.15) is 5.82 Å². The molecule has 0 fully saturated rings. The Labute approximate surface area is 144 Å². The molecule has 0 amide bonds. The molecule has 0 saturated carbocycles. The monoisotopic (exact) mass is 368 g/mol. The molecule has 0 aliphatic carbocycles. The summed E-state index contributed by atoms with van der Waals surface area (Å²) >= 11 is 3.52. The van der Waals surface area contributed by atoms with E-state index in [0.29, 0.717) is 5.95 Å². The molecule has 0 bridgehead atoms. The van der Waals surface area contributed by atoms with Crippen molar-refractivity contribution in [1.82, 2.24) is 9.97 Å². The molecule has 4 nitrogen and oxygen atoms in total. The van der Waals surface area contributed by atoms with E-state index in [1.807, 2.05) is 49.4 Å². The van der Waals surface area contributed by atoms with Crippen molar-refractivity contribution in [1.29, 1.82) is 0 Å². The molecule has 1 aromatic heterocycles. The third-order valence-electron chi connectivity index (χ3n) is 3.30. The fraction of sp³-hybridized carbons (Fsp3) is 0.111. The molecular formula is C18H17BrN4. The Hall–Kier alpha value is -2.40. The van der Waals surface area contributed by atoms with Crippen LogP contribution >= 0.6 is 15.9 Å². The topological polar surface area (TPSA) is 49.8 Å². The summed E-state index contributed by atoms with van der Waals surface area (Å²) in [7, 11) is 0. The van der Waals surface area contributed by atoms with Crippen LogP contribution in [0.5, 0.6) is 0 Å². The number of hydrogen-bond donors (Lipinski definition) is 2. The quantitative estimate of drug-likeness (QED) is 0.652. The van der Waals surface area contributed by atoms with Gasteiger partial charge in [0, 0.05) is 21.9 Å². The van der Waals surface area contributed by atoms with Crippen LogP contribution in [-0.4, -0.2) is 9.97 Å². The maximum atomic E-state index is 4.53. The highest BCUT2D eigenvalue weighted by Crippen LogP contribution is 2.25. The summed E-state index contributed by atoms with van der Waals surface area (Å²) in [5, 5.41) is 6.55. The highest BCUT2D eigenvalue weighted by molar-refractivity contribution is 9.10. The van der Waals surface area contributed by atoms with Crippen molar-refractivity contribution in [2.24, 2.45) is 0 Å². The molecule has 3 rings (SSSR count). The van der Waals surface area contributed by atoms with Crippen LogP contribution in [0.15, 0.2) is 59.1 Å². The Kier molecular flexibility index (Phi) is 4.57. The summed E-state index contributed by atoms with van der Waals surface area (Å²) in [4.78, 5) is 8.98. The highest BCUT2D eigenvalue weighted by Gasteiger charge is 2.05. The van der Waals surface area contributed by atoms with Crippen LogP contribution in [0.4, 0.5) is 23.1 Å². The number of nitrogens with zero attached hydrogens (tertiary/aromatic N) is 2. The van der Waals surface area contributed by atoms with Crippen molar-refractivity contribution in [3.63, 3.8) is 0 Å². The Morgan fingerprint density at radius 3 is 2.35 bits per heavy atom. The van der Waals surface area contributed by atoms with Crippen LogP contribution in [0.25, 0.3) is 0 Å². The van der Waals surface area contributed by atoms with E-state index in [1.165, 1.54) is 5.56 Å². The third kappa shape index (κ3) is 4.07. The van der Waals surface area contributed by atoms with Crippen LogP contribution in [-0.2, 0) is 0 Å². The van der Waals surface area contributed by atoms with Crippen LogP contribution in [0, 0.1) is 13.8 Å². The third-order valence-corrected chi connectivity index (χ3v) is 3.99. The van der Waals surface area contributed by atoms with Gasteiger partial charge >= 0.3 is 0 Å². The van der Waals surface area contributed by atoms with Gasteiger partial charge < -0.3 is 10.6 Å². The standard InChI is InChI=1S/C18H17BrN4/c1-12-7-9-14(10-8-12)21-17-11-13(2)20-18(23-17)22-16-6-4-3-5-15(16)19/h3-11H,1-2H3,(H2,20,21,22,23). The second-order valence-electron chi connectivity index (χ2n) is 5.31. The van der Waals surface area contributed by atoms with Gasteiger partial charge in [-0.05, 0) is 54.0 Å². The van der Waals surface area contributed by atoms with E-state index in [9.17, 15) is 0 Å². The fourth-order valence-corrected chi connectivity index (χ4v) is 2.54. The lowest BCUT2D eigenvalue weighted by Crippen LogP contribution is -2.02. The first-order valence-electron chi connectivity index (χ1n) is 7.31. The predicted molar refractivity (Wildman–Crippen MR) is 98.7 cm³/mol. The molecular weight excluding hydrogens is 352 g/mol. The number of anilines is 4. The summed E-state index contributed by atoms with van der Waals surface area (Å²) in [5.41, 5.74) is 4.05. The highest BCUT2D eigenvalue weighted by atomic mass is 79.9. The molecule has 0 saturated heterocycles. The summed E-state index contributed by atoms with van der Waals surface area (Å²) in [6, 6.07) is 18.0. The molecule has 0 unspecified atom stereocenters. The van der Waals surface area contributed by atoms with Gasteiger partial charge in [0.2, 0.25) is 5.95 Å². The lowest BCUT2D eigenvalue weighted by Gasteiger charge is -2.11. The number of benzene rings is 2. The van der Waals surface area contributed by atoms with E-state index in [2.05, 4.69) is 55.6 Å². The molecule has 0 radical (unpaired) electrons. The molecule has 3 aromatic rings. The van der Waals surface area contributed by atoms with Gasteiger partial charge in [-0.2, -0.15) is 4.98 Å². The summed E-state index contributed by atoms with van der Waals surface area (Å²) in [5.74, 6) is 1.32. The molecule has 5 heteroatoms. The van der Waals surface area contributed by atoms with Gasteiger partial charge in [-0.15, -0.1) is 0 Å². The molecule has 23 heavy (non-hydrogen) atoms. The number of nitrogens with one attached hydrogen (secondary N) is 2. The first-order valence-corrected chi connectivity index (χ1v) is 8.10. The second-order valence-corrected chi connectivity index (χ2v) is 6.17. The molecule has 0 aliphatic rings. The van der Waals surface area contributed by atoms with Crippen molar-refractivity contribution in [2.45, 2.75) is 13.8 Å². The number of hydrogen-bond acceptors (Lipinski definition) is 4. The van der Waals surface area contributed by atoms with Gasteiger partial charge in [0.25, 0.3) is 0 Å². The van der Waals surface area contributed by atoms with Gasteiger partial charge in [-0.3, -0.25) is 0 Å². The average Bonchev–Trinajstić information content (AvgIpc) is 2.51. The zero-order valence-electron chi connectivity index (χ0n) is 13.0. The number of rotatable bonds is 4. The van der Waals surface area contributed by atoms with Gasteiger partial charge in [0.15, 0.2) is 0 Å². The maximum Gasteiger partial charge on any atom is 0.229 e. The van der Waals surface area contributed by atoms with E-state index in [-0.39, 0.29) is 0 Å². The van der Waals surface area contributed by atoms with Gasteiger partial charge in [-0.25, -0.2) is 4.98 Å². The molecule has 2 aromatic carbocycles. The van der Waals surface area contributed by atoms with Gasteiger partial charge in [0.05, 0.1) is 5.69 Å². The summed E-state index contributed by atoms with van der Waals surface area (Å²) in [6.07, 6.45) is 0. The molecule has 0 aliphatic heterocycles. The number of aromatic nitrogens is 2. The summed E-state index contributed by atoms with van der Waals surface area (Å²) in [6.45, 7) is 4.02. The molecule has 0 atom stereocenters. The normalized spacial score (nSPS) is 10.4. The van der Waals surface area contributed by atoms with Gasteiger partial charge in [-0.1, -0.05) is 29.8 Å². The SMILES string of the molecule is Cc1ccc(Nc2cc(C)nc(Nc3ccccc3Br)n2)cc1. The largest absolute Gasteiger partial charge is 0.340 e. The van der Waals surface area contributed by atoms with Crippen LogP contribution in [0.1, 0.15) is 11.3 Å². The number of aryl methyl sites for hydroxylation is 2. The van der Waals surface area contributed by atoms with Crippen LogP contribution in [0.2, 0.25) is 0 Å². The lowest BCUT2D eigenvalue weighted by atomic mass is 10.2. The smallest absolute Gasteiger partial charge is 0.229 e. The van der Waals surface area contributed by atoms with Crippen molar-refractivity contribution in [3.05, 3.63) is 70.3 Å². The van der Waals surface area contributed by atoms with Crippen LogP contribution < -0.4 is 10.6 Å². The Balaban J connectivity index is 1.84. The second kappa shape index (κ2) is 6.79. The zero-order chi connectivity index (χ0) is 16.2. The maximum absolute atomic E-state index is 4.53. The molecule has 2 N–H and O–H groups in total. The Morgan fingerprint density at radius 2 is 1.61 bits per heavy atom. The Bertz CT molecular complexity index is 816. The Morgan fingerprint density at radius 1 is 0.870 bits per heavy atom. The molecule has 0 spiro atoms. The number of para-hydroxylation sites is 1. The van der Waals surface area contributed by atoms with Crippen LogP contribution in [0.3, 0.4) is 0 Å². The molecule has 116 valence electrons. The minimum absolute atomic E-state index is 0.562.